The van der Waals surface area contributed by atoms with Crippen LogP contribution >= 0.6 is 0 Å². The maximum absolute atomic E-state index is 13.4. The predicted molar refractivity (Wildman–Crippen MR) is 139 cm³/mol. The number of hydrogen-bond donors (Lipinski definition) is 1. The topological polar surface area (TPSA) is 69.7 Å². The summed E-state index contributed by atoms with van der Waals surface area (Å²) in [5.74, 6) is -0.237. The third-order valence-corrected chi connectivity index (χ3v) is 6.43. The first kappa shape index (κ1) is 24.5. The van der Waals surface area contributed by atoms with Crippen LogP contribution in [-0.2, 0) is 16.1 Å². The van der Waals surface area contributed by atoms with Crippen LogP contribution in [0, 0.1) is 0 Å². The fourth-order valence-electron chi connectivity index (χ4n) is 4.81. The lowest BCUT2D eigenvalue weighted by Crippen LogP contribution is -2.50. The van der Waals surface area contributed by atoms with E-state index < -0.39 is 6.04 Å². The predicted octanol–water partition coefficient (Wildman–Crippen LogP) is 4.91. The van der Waals surface area contributed by atoms with Crippen molar-refractivity contribution in [2.45, 2.75) is 58.7 Å². The molecule has 0 spiro atoms. The van der Waals surface area contributed by atoms with E-state index in [1.165, 1.54) is 0 Å². The van der Waals surface area contributed by atoms with Crippen molar-refractivity contribution < 1.29 is 14.4 Å². The van der Waals surface area contributed by atoms with E-state index in [9.17, 15) is 14.4 Å². The van der Waals surface area contributed by atoms with Crippen molar-refractivity contribution in [3.05, 3.63) is 77.9 Å². The Bertz CT molecular complexity index is 1220. The number of nitrogens with one attached hydrogen (secondary N) is 1. The Kier molecular flexibility index (Phi) is 7.49. The van der Waals surface area contributed by atoms with Gasteiger partial charge < -0.3 is 15.1 Å². The molecule has 0 fully saturated rings. The Balaban J connectivity index is 1.47. The fraction of sp³-hybridized carbons (Fsp3) is 0.345. The lowest BCUT2D eigenvalue weighted by Gasteiger charge is -2.31. The monoisotopic (exact) mass is 471 g/mol. The molecular weight excluding hydrogens is 438 g/mol. The Labute approximate surface area is 206 Å². The molecule has 0 saturated carbocycles. The molecule has 1 aliphatic heterocycles. The molecule has 35 heavy (non-hydrogen) atoms. The molecule has 182 valence electrons. The molecule has 0 bridgehead atoms. The summed E-state index contributed by atoms with van der Waals surface area (Å²) in [6.07, 6.45) is 1.30. The molecule has 6 heteroatoms. The first-order valence-corrected chi connectivity index (χ1v) is 12.4. The van der Waals surface area contributed by atoms with Crippen LogP contribution in [0.15, 0.2) is 66.7 Å². The number of nitrogens with zero attached hydrogens (tertiary/aromatic N) is 2. The summed E-state index contributed by atoms with van der Waals surface area (Å²) in [6.45, 7) is 6.58. The molecule has 0 saturated heterocycles. The normalized spacial score (nSPS) is 13.4. The van der Waals surface area contributed by atoms with E-state index in [2.05, 4.69) is 5.32 Å². The minimum absolute atomic E-state index is 0.00394. The van der Waals surface area contributed by atoms with Gasteiger partial charge in [-0.25, -0.2) is 0 Å². The van der Waals surface area contributed by atoms with Crippen molar-refractivity contribution in [1.82, 2.24) is 10.2 Å². The zero-order valence-electron chi connectivity index (χ0n) is 20.7. The van der Waals surface area contributed by atoms with Gasteiger partial charge in [0.2, 0.25) is 11.8 Å². The molecule has 3 amide bonds. The van der Waals surface area contributed by atoms with E-state index in [1.54, 1.807) is 9.80 Å². The molecule has 3 aromatic rings. The number of amides is 3. The van der Waals surface area contributed by atoms with E-state index in [-0.39, 0.29) is 30.2 Å². The molecule has 0 radical (unpaired) electrons. The average molecular weight is 472 g/mol. The summed E-state index contributed by atoms with van der Waals surface area (Å²) in [4.78, 5) is 42.9. The molecule has 0 unspecified atom stereocenters. The van der Waals surface area contributed by atoms with Gasteiger partial charge in [0.25, 0.3) is 5.91 Å². The van der Waals surface area contributed by atoms with E-state index in [0.29, 0.717) is 31.5 Å². The van der Waals surface area contributed by atoms with Crippen molar-refractivity contribution in [2.24, 2.45) is 0 Å². The molecule has 6 nitrogen and oxygen atoms in total. The Morgan fingerprint density at radius 3 is 2.37 bits per heavy atom. The maximum Gasteiger partial charge on any atom is 0.258 e. The summed E-state index contributed by atoms with van der Waals surface area (Å²) in [7, 11) is 0. The van der Waals surface area contributed by atoms with E-state index in [1.807, 2.05) is 87.5 Å². The summed E-state index contributed by atoms with van der Waals surface area (Å²) in [5, 5.41) is 4.98. The van der Waals surface area contributed by atoms with Crippen molar-refractivity contribution in [3.8, 4) is 0 Å². The Hall–Kier alpha value is -3.67. The van der Waals surface area contributed by atoms with Crippen LogP contribution in [0.4, 0.5) is 5.69 Å². The highest BCUT2D eigenvalue weighted by Gasteiger charge is 2.31. The first-order chi connectivity index (χ1) is 16.9. The summed E-state index contributed by atoms with van der Waals surface area (Å²) in [6, 6.07) is 20.9. The zero-order valence-corrected chi connectivity index (χ0v) is 20.7. The lowest BCUT2D eigenvalue weighted by atomic mass is 10.1. The molecule has 1 N–H and O–H groups in total. The second kappa shape index (κ2) is 10.7. The second-order valence-electron chi connectivity index (χ2n) is 9.34. The number of benzene rings is 3. The van der Waals surface area contributed by atoms with Crippen LogP contribution in [0.5, 0.6) is 0 Å². The van der Waals surface area contributed by atoms with Gasteiger partial charge in [-0.3, -0.25) is 14.4 Å². The van der Waals surface area contributed by atoms with Gasteiger partial charge in [0.1, 0.15) is 6.04 Å². The minimum atomic E-state index is -0.545. The van der Waals surface area contributed by atoms with Gasteiger partial charge in [-0.1, -0.05) is 61.5 Å². The Morgan fingerprint density at radius 1 is 0.971 bits per heavy atom. The highest BCUT2D eigenvalue weighted by molar-refractivity contribution is 6.25. The highest BCUT2D eigenvalue weighted by Crippen LogP contribution is 2.37. The van der Waals surface area contributed by atoms with Gasteiger partial charge in [0.05, 0.1) is 5.69 Å². The van der Waals surface area contributed by atoms with Crippen LogP contribution in [0.3, 0.4) is 0 Å². The number of carbonyl (C=O) groups is 3. The molecule has 1 aliphatic rings. The minimum Gasteiger partial charge on any atom is -0.352 e. The third-order valence-electron chi connectivity index (χ3n) is 6.43. The SMILES string of the molecule is CC[C@H](C(=O)NC(C)C)N(Cc1ccccc1)C(=O)CCCN1C(=O)c2cccc3cccc1c23. The molecule has 4 rings (SSSR count). The van der Waals surface area contributed by atoms with Crippen molar-refractivity contribution in [2.75, 3.05) is 11.4 Å². The summed E-state index contributed by atoms with van der Waals surface area (Å²) < 4.78 is 0. The zero-order chi connectivity index (χ0) is 24.9. The lowest BCUT2D eigenvalue weighted by molar-refractivity contribution is -0.141. The van der Waals surface area contributed by atoms with Crippen molar-refractivity contribution in [1.29, 1.82) is 0 Å². The third kappa shape index (κ3) is 5.21. The number of carbonyl (C=O) groups excluding carboxylic acids is 3. The smallest absolute Gasteiger partial charge is 0.258 e. The van der Waals surface area contributed by atoms with Crippen molar-refractivity contribution in [3.63, 3.8) is 0 Å². The largest absolute Gasteiger partial charge is 0.352 e. The van der Waals surface area contributed by atoms with E-state index in [4.69, 9.17) is 0 Å². The van der Waals surface area contributed by atoms with Gasteiger partial charge in [-0.2, -0.15) is 0 Å². The number of rotatable bonds is 10. The molecule has 1 heterocycles. The van der Waals surface area contributed by atoms with Crippen molar-refractivity contribution >= 4 is 34.2 Å². The quantitative estimate of drug-likeness (QED) is 0.457. The summed E-state index contributed by atoms with van der Waals surface area (Å²) >= 11 is 0. The van der Waals surface area contributed by atoms with Gasteiger partial charge in [0.15, 0.2) is 0 Å². The number of hydrogen-bond acceptors (Lipinski definition) is 3. The molecule has 0 aliphatic carbocycles. The molecule has 0 aromatic heterocycles. The van der Waals surface area contributed by atoms with E-state index in [0.717, 1.165) is 22.0 Å². The van der Waals surface area contributed by atoms with Crippen LogP contribution in [0.25, 0.3) is 10.8 Å². The van der Waals surface area contributed by atoms with Crippen LogP contribution in [0.2, 0.25) is 0 Å². The fourth-order valence-corrected chi connectivity index (χ4v) is 4.81. The second-order valence-corrected chi connectivity index (χ2v) is 9.34. The maximum atomic E-state index is 13.4. The summed E-state index contributed by atoms with van der Waals surface area (Å²) in [5.41, 5.74) is 2.60. The Morgan fingerprint density at radius 2 is 1.69 bits per heavy atom. The number of anilines is 1. The van der Waals surface area contributed by atoms with Gasteiger partial charge in [-0.15, -0.1) is 0 Å². The highest BCUT2D eigenvalue weighted by atomic mass is 16.2. The average Bonchev–Trinajstić information content (AvgIpc) is 3.12. The first-order valence-electron chi connectivity index (χ1n) is 12.4. The van der Waals surface area contributed by atoms with E-state index >= 15 is 0 Å². The van der Waals surface area contributed by atoms with Gasteiger partial charge >= 0.3 is 0 Å². The van der Waals surface area contributed by atoms with Crippen LogP contribution in [0.1, 0.15) is 56.0 Å². The molecule has 3 aromatic carbocycles. The van der Waals surface area contributed by atoms with Crippen LogP contribution in [-0.4, -0.2) is 41.2 Å². The molecular formula is C29H33N3O3. The van der Waals surface area contributed by atoms with Crippen LogP contribution < -0.4 is 10.2 Å². The standard InChI is InChI=1S/C29H33N3O3/c1-4-24(28(34)30-20(2)3)32(19-21-11-6-5-7-12-21)26(33)17-10-18-31-25-16-9-14-22-13-8-15-23(27(22)25)29(31)35/h5-9,11-16,20,24H,4,10,17-19H2,1-3H3,(H,30,34)/t24-/m1/s1. The molecule has 1 atom stereocenters. The van der Waals surface area contributed by atoms with Gasteiger partial charge in [-0.05, 0) is 49.8 Å². The van der Waals surface area contributed by atoms with Gasteiger partial charge in [0, 0.05) is 36.5 Å².